The van der Waals surface area contributed by atoms with Crippen molar-refractivity contribution in [3.05, 3.63) is 11.9 Å². The van der Waals surface area contributed by atoms with Crippen LogP contribution in [-0.2, 0) is 6.42 Å². The molecule has 2 atom stereocenters. The molecule has 1 fully saturated rings. The van der Waals surface area contributed by atoms with Gasteiger partial charge in [0.1, 0.15) is 17.5 Å². The van der Waals surface area contributed by atoms with E-state index in [2.05, 4.69) is 27.6 Å². The third-order valence-electron chi connectivity index (χ3n) is 4.02. The second-order valence-electron chi connectivity index (χ2n) is 5.82. The second-order valence-corrected chi connectivity index (χ2v) is 5.82. The molecule has 1 aromatic rings. The third-order valence-corrected chi connectivity index (χ3v) is 4.02. The molecule has 6 heteroatoms. The first-order valence-corrected chi connectivity index (χ1v) is 7.34. The number of aryl methyl sites for hydroxylation is 1. The average molecular weight is 279 g/mol. The van der Waals surface area contributed by atoms with E-state index in [1.54, 1.807) is 6.07 Å². The summed E-state index contributed by atoms with van der Waals surface area (Å²) in [4.78, 5) is 8.76. The van der Waals surface area contributed by atoms with Crippen LogP contribution in [0.2, 0.25) is 0 Å². The van der Waals surface area contributed by atoms with Gasteiger partial charge in [-0.3, -0.25) is 0 Å². The van der Waals surface area contributed by atoms with Crippen LogP contribution < -0.4 is 16.6 Å². The Balaban J connectivity index is 2.22. The van der Waals surface area contributed by atoms with Crippen molar-refractivity contribution in [2.75, 3.05) is 17.3 Å². The van der Waals surface area contributed by atoms with Gasteiger partial charge < -0.3 is 15.8 Å². The molecular weight excluding hydrogens is 254 g/mol. The van der Waals surface area contributed by atoms with Crippen LogP contribution >= 0.6 is 0 Å². The first kappa shape index (κ1) is 15.0. The van der Waals surface area contributed by atoms with Crippen LogP contribution in [0.15, 0.2) is 6.07 Å². The van der Waals surface area contributed by atoms with Crippen molar-refractivity contribution in [3.63, 3.8) is 0 Å². The molecular formula is C14H25N5O. The highest BCUT2D eigenvalue weighted by Gasteiger charge is 2.34. The van der Waals surface area contributed by atoms with Crippen LogP contribution in [-0.4, -0.2) is 27.2 Å². The Labute approximate surface area is 120 Å². The van der Waals surface area contributed by atoms with Crippen LogP contribution in [0.5, 0.6) is 0 Å². The lowest BCUT2D eigenvalue weighted by molar-refractivity contribution is 0.149. The number of anilines is 2. The maximum Gasteiger partial charge on any atom is 0.145 e. The normalized spacial score (nSPS) is 26.3. The summed E-state index contributed by atoms with van der Waals surface area (Å²) in [5.41, 5.74) is 2.29. The standard InChI is InChI=1S/C14H25N5O/c1-3-11-16-12(7-13(17-11)19-15)18-14(9-20)6-4-5-10(2)8-14/h7,10,20H,3-6,8-9,15H2,1-2H3,(H2,16,17,18,19). The molecule has 0 bridgehead atoms. The molecule has 1 aliphatic rings. The highest BCUT2D eigenvalue weighted by atomic mass is 16.3. The van der Waals surface area contributed by atoms with E-state index in [4.69, 9.17) is 5.84 Å². The van der Waals surface area contributed by atoms with Gasteiger partial charge in [0.05, 0.1) is 12.1 Å². The molecule has 0 aromatic carbocycles. The minimum absolute atomic E-state index is 0.119. The van der Waals surface area contributed by atoms with Gasteiger partial charge in [-0.05, 0) is 18.8 Å². The van der Waals surface area contributed by atoms with Gasteiger partial charge in [0.25, 0.3) is 0 Å². The van der Waals surface area contributed by atoms with Gasteiger partial charge in [-0.2, -0.15) is 0 Å². The molecule has 0 radical (unpaired) electrons. The van der Waals surface area contributed by atoms with Gasteiger partial charge in [0, 0.05) is 12.5 Å². The number of aliphatic hydroxyl groups is 1. The summed E-state index contributed by atoms with van der Waals surface area (Å²) >= 11 is 0. The molecule has 112 valence electrons. The molecule has 0 amide bonds. The Morgan fingerprint density at radius 2 is 2.20 bits per heavy atom. The third kappa shape index (κ3) is 3.37. The van der Waals surface area contributed by atoms with Crippen LogP contribution in [0.1, 0.15) is 45.4 Å². The maximum atomic E-state index is 9.83. The lowest BCUT2D eigenvalue weighted by Gasteiger charge is -2.39. The van der Waals surface area contributed by atoms with Gasteiger partial charge in [-0.25, -0.2) is 15.8 Å². The van der Waals surface area contributed by atoms with Gasteiger partial charge in [0.2, 0.25) is 0 Å². The molecule has 2 unspecified atom stereocenters. The predicted molar refractivity (Wildman–Crippen MR) is 80.3 cm³/mol. The molecule has 5 N–H and O–H groups in total. The van der Waals surface area contributed by atoms with Crippen molar-refractivity contribution in [2.45, 2.75) is 51.5 Å². The summed E-state index contributed by atoms with van der Waals surface area (Å²) in [5, 5.41) is 13.3. The smallest absolute Gasteiger partial charge is 0.145 e. The Kier molecular flexibility index (Phi) is 4.77. The zero-order valence-electron chi connectivity index (χ0n) is 12.3. The van der Waals surface area contributed by atoms with Crippen molar-refractivity contribution in [1.29, 1.82) is 0 Å². The van der Waals surface area contributed by atoms with Gasteiger partial charge in [-0.15, -0.1) is 0 Å². The molecule has 1 aliphatic carbocycles. The number of hydrogen-bond acceptors (Lipinski definition) is 6. The molecule has 1 saturated carbocycles. The van der Waals surface area contributed by atoms with Crippen LogP contribution in [0.25, 0.3) is 0 Å². The van der Waals surface area contributed by atoms with Crippen molar-refractivity contribution in [1.82, 2.24) is 9.97 Å². The first-order chi connectivity index (χ1) is 9.60. The fourth-order valence-electron chi connectivity index (χ4n) is 3.02. The van der Waals surface area contributed by atoms with Crippen molar-refractivity contribution in [2.24, 2.45) is 11.8 Å². The lowest BCUT2D eigenvalue weighted by atomic mass is 9.77. The van der Waals surface area contributed by atoms with Crippen molar-refractivity contribution in [3.8, 4) is 0 Å². The van der Waals surface area contributed by atoms with Crippen molar-refractivity contribution >= 4 is 11.6 Å². The Morgan fingerprint density at radius 1 is 1.45 bits per heavy atom. The molecule has 0 saturated heterocycles. The molecule has 0 aliphatic heterocycles. The monoisotopic (exact) mass is 279 g/mol. The van der Waals surface area contributed by atoms with E-state index in [9.17, 15) is 5.11 Å². The summed E-state index contributed by atoms with van der Waals surface area (Å²) in [6, 6.07) is 1.79. The highest BCUT2D eigenvalue weighted by Crippen LogP contribution is 2.34. The van der Waals surface area contributed by atoms with E-state index in [0.29, 0.717) is 11.7 Å². The number of nitrogens with two attached hydrogens (primary N) is 1. The first-order valence-electron chi connectivity index (χ1n) is 7.34. The second kappa shape index (κ2) is 6.37. The lowest BCUT2D eigenvalue weighted by Crippen LogP contribution is -2.46. The van der Waals surface area contributed by atoms with E-state index in [1.165, 1.54) is 6.42 Å². The summed E-state index contributed by atoms with van der Waals surface area (Å²) < 4.78 is 0. The minimum Gasteiger partial charge on any atom is -0.394 e. The molecule has 2 rings (SSSR count). The molecule has 1 heterocycles. The number of nitrogens with one attached hydrogen (secondary N) is 2. The number of aliphatic hydroxyl groups excluding tert-OH is 1. The zero-order valence-corrected chi connectivity index (χ0v) is 12.3. The van der Waals surface area contributed by atoms with Crippen LogP contribution in [0, 0.1) is 5.92 Å². The number of rotatable bonds is 5. The Bertz CT molecular complexity index is 431. The van der Waals surface area contributed by atoms with Crippen LogP contribution in [0.3, 0.4) is 0 Å². The molecule has 1 aromatic heterocycles. The minimum atomic E-state index is -0.275. The zero-order chi connectivity index (χ0) is 14.6. The number of hydrogen-bond donors (Lipinski definition) is 4. The Morgan fingerprint density at radius 3 is 2.80 bits per heavy atom. The molecule has 6 nitrogen and oxygen atoms in total. The van der Waals surface area contributed by atoms with Gasteiger partial charge in [-0.1, -0.05) is 26.7 Å². The largest absolute Gasteiger partial charge is 0.394 e. The number of hydrazine groups is 1. The summed E-state index contributed by atoms with van der Waals surface area (Å²) in [6.45, 7) is 4.35. The fourth-order valence-corrected chi connectivity index (χ4v) is 3.02. The van der Waals surface area contributed by atoms with Gasteiger partial charge in [0.15, 0.2) is 0 Å². The Hall–Kier alpha value is -1.40. The summed E-state index contributed by atoms with van der Waals surface area (Å²) in [6.07, 6.45) is 5.02. The molecule has 0 spiro atoms. The van der Waals surface area contributed by atoms with E-state index in [1.807, 2.05) is 6.92 Å². The van der Waals surface area contributed by atoms with Gasteiger partial charge >= 0.3 is 0 Å². The van der Waals surface area contributed by atoms with E-state index >= 15 is 0 Å². The van der Waals surface area contributed by atoms with Crippen LogP contribution in [0.4, 0.5) is 11.6 Å². The van der Waals surface area contributed by atoms with Crippen molar-refractivity contribution < 1.29 is 5.11 Å². The number of aromatic nitrogens is 2. The highest BCUT2D eigenvalue weighted by molar-refractivity contribution is 5.48. The fraction of sp³-hybridized carbons (Fsp3) is 0.714. The summed E-state index contributed by atoms with van der Waals surface area (Å²) in [5.74, 6) is 8.12. The van der Waals surface area contributed by atoms with E-state index < -0.39 is 0 Å². The van der Waals surface area contributed by atoms with E-state index in [0.717, 1.165) is 37.3 Å². The average Bonchev–Trinajstić information content (AvgIpc) is 2.46. The SMILES string of the molecule is CCc1nc(NN)cc(NC2(CO)CCCC(C)C2)n1. The van der Waals surface area contributed by atoms with E-state index in [-0.39, 0.29) is 12.1 Å². The topological polar surface area (TPSA) is 96.1 Å². The predicted octanol–water partition coefficient (Wildman–Crippen LogP) is 1.68. The number of nitrogens with zero attached hydrogens (tertiary/aromatic N) is 2. The summed E-state index contributed by atoms with van der Waals surface area (Å²) in [7, 11) is 0. The molecule has 20 heavy (non-hydrogen) atoms. The number of nitrogen functional groups attached to an aromatic ring is 1. The maximum absolute atomic E-state index is 9.83. The quantitative estimate of drug-likeness (QED) is 0.484.